The molecule has 0 unspecified atom stereocenters. The summed E-state index contributed by atoms with van der Waals surface area (Å²) in [6, 6.07) is 29.9. The second kappa shape index (κ2) is 8.80. The smallest absolute Gasteiger partial charge is 0.237 e. The fourth-order valence-electron chi connectivity index (χ4n) is 3.06. The van der Waals surface area contributed by atoms with Crippen LogP contribution in [0.2, 0.25) is 0 Å². The van der Waals surface area contributed by atoms with Gasteiger partial charge in [0.25, 0.3) is 0 Å². The monoisotopic (exact) mass is 399 g/mol. The molecule has 0 spiro atoms. The van der Waals surface area contributed by atoms with E-state index in [1.54, 1.807) is 11.9 Å². The Kier molecular flexibility index (Phi) is 5.77. The summed E-state index contributed by atoms with van der Waals surface area (Å²) in [5.41, 5.74) is 4.85. The highest BCUT2D eigenvalue weighted by Crippen LogP contribution is 2.32. The molecule has 0 radical (unpaired) electrons. The van der Waals surface area contributed by atoms with Gasteiger partial charge in [-0.2, -0.15) is 0 Å². The van der Waals surface area contributed by atoms with Gasteiger partial charge in [-0.25, -0.2) is 4.98 Å². The molecule has 0 saturated carbocycles. The number of aromatic amines is 1. The van der Waals surface area contributed by atoms with Gasteiger partial charge in [0.2, 0.25) is 5.91 Å². The molecule has 3 aromatic carbocycles. The summed E-state index contributed by atoms with van der Waals surface area (Å²) >= 11 is 1.42. The minimum atomic E-state index is 0.0279. The van der Waals surface area contributed by atoms with Crippen molar-refractivity contribution < 1.29 is 4.79 Å². The third-order valence-electron chi connectivity index (χ3n) is 4.64. The number of amides is 1. The lowest BCUT2D eigenvalue weighted by atomic mass is 10.1. The molecule has 1 N–H and O–H groups in total. The van der Waals surface area contributed by atoms with Crippen LogP contribution in [0.25, 0.3) is 22.5 Å². The molecular formula is C24H21N3OS. The van der Waals surface area contributed by atoms with E-state index in [0.717, 1.165) is 33.4 Å². The second-order valence-electron chi connectivity index (χ2n) is 6.57. The number of anilines is 1. The van der Waals surface area contributed by atoms with Crippen molar-refractivity contribution >= 4 is 23.4 Å². The van der Waals surface area contributed by atoms with E-state index in [0.29, 0.717) is 5.75 Å². The van der Waals surface area contributed by atoms with E-state index in [1.807, 2.05) is 78.9 Å². The lowest BCUT2D eigenvalue weighted by Crippen LogP contribution is -2.27. The number of nitrogens with zero attached hydrogens (tertiary/aromatic N) is 2. The number of para-hydroxylation sites is 1. The van der Waals surface area contributed by atoms with Gasteiger partial charge < -0.3 is 9.88 Å². The van der Waals surface area contributed by atoms with E-state index in [-0.39, 0.29) is 5.91 Å². The van der Waals surface area contributed by atoms with Crippen LogP contribution in [0.15, 0.2) is 96.2 Å². The van der Waals surface area contributed by atoms with Gasteiger partial charge in [0.05, 0.1) is 17.1 Å². The summed E-state index contributed by atoms with van der Waals surface area (Å²) in [5, 5.41) is 0.734. The Morgan fingerprint density at radius 1 is 0.862 bits per heavy atom. The number of rotatable bonds is 6. The van der Waals surface area contributed by atoms with Crippen molar-refractivity contribution in [3.63, 3.8) is 0 Å². The number of hydrogen-bond donors (Lipinski definition) is 1. The van der Waals surface area contributed by atoms with Crippen molar-refractivity contribution in [3.8, 4) is 22.5 Å². The SMILES string of the molecule is CN(C(=O)CSc1nc(-c2ccccc2)c(-c2ccccc2)[nH]1)c1ccccc1. The number of benzene rings is 3. The Morgan fingerprint density at radius 3 is 2.03 bits per heavy atom. The minimum Gasteiger partial charge on any atom is -0.332 e. The normalized spacial score (nSPS) is 10.7. The molecule has 4 nitrogen and oxygen atoms in total. The van der Waals surface area contributed by atoms with Crippen molar-refractivity contribution in [2.75, 3.05) is 17.7 Å². The van der Waals surface area contributed by atoms with Crippen LogP contribution in [0.5, 0.6) is 0 Å². The number of carbonyl (C=O) groups excluding carboxylic acids is 1. The van der Waals surface area contributed by atoms with Gasteiger partial charge in [-0.05, 0) is 12.1 Å². The lowest BCUT2D eigenvalue weighted by Gasteiger charge is -2.16. The zero-order valence-electron chi connectivity index (χ0n) is 16.1. The van der Waals surface area contributed by atoms with Gasteiger partial charge in [0.15, 0.2) is 5.16 Å². The van der Waals surface area contributed by atoms with Crippen molar-refractivity contribution in [1.82, 2.24) is 9.97 Å². The first-order valence-electron chi connectivity index (χ1n) is 9.37. The Bertz CT molecular complexity index is 1020. The number of aromatic nitrogens is 2. The van der Waals surface area contributed by atoms with E-state index >= 15 is 0 Å². The maximum atomic E-state index is 12.6. The quantitative estimate of drug-likeness (QED) is 0.436. The summed E-state index contributed by atoms with van der Waals surface area (Å²) in [6.07, 6.45) is 0. The van der Waals surface area contributed by atoms with E-state index in [2.05, 4.69) is 17.1 Å². The highest BCUT2D eigenvalue weighted by molar-refractivity contribution is 7.99. The summed E-state index contributed by atoms with van der Waals surface area (Å²) in [6.45, 7) is 0. The topological polar surface area (TPSA) is 49.0 Å². The third kappa shape index (κ3) is 4.41. The van der Waals surface area contributed by atoms with Crippen molar-refractivity contribution in [1.29, 1.82) is 0 Å². The molecule has 0 aliphatic carbocycles. The Morgan fingerprint density at radius 2 is 1.41 bits per heavy atom. The number of nitrogens with one attached hydrogen (secondary N) is 1. The molecule has 0 atom stereocenters. The highest BCUT2D eigenvalue weighted by atomic mass is 32.2. The maximum Gasteiger partial charge on any atom is 0.237 e. The van der Waals surface area contributed by atoms with Gasteiger partial charge in [-0.1, -0.05) is 90.6 Å². The molecule has 5 heteroatoms. The van der Waals surface area contributed by atoms with Crippen LogP contribution in [0.1, 0.15) is 0 Å². The molecule has 1 aromatic heterocycles. The zero-order valence-corrected chi connectivity index (χ0v) is 16.9. The predicted octanol–water partition coefficient (Wildman–Crippen LogP) is 5.50. The molecule has 0 aliphatic heterocycles. The summed E-state index contributed by atoms with van der Waals surface area (Å²) in [4.78, 5) is 22.5. The number of thioether (sulfide) groups is 1. The maximum absolute atomic E-state index is 12.6. The first-order chi connectivity index (χ1) is 14.2. The Balaban J connectivity index is 1.57. The van der Waals surface area contributed by atoms with Gasteiger partial charge >= 0.3 is 0 Å². The standard InChI is InChI=1S/C24H21N3OS/c1-27(20-15-9-4-10-16-20)21(28)17-29-24-25-22(18-11-5-2-6-12-18)23(26-24)19-13-7-3-8-14-19/h2-16H,17H2,1H3,(H,25,26). The first-order valence-corrected chi connectivity index (χ1v) is 10.4. The van der Waals surface area contributed by atoms with Crippen LogP contribution in [-0.2, 0) is 4.79 Å². The van der Waals surface area contributed by atoms with Crippen LogP contribution in [0, 0.1) is 0 Å². The largest absolute Gasteiger partial charge is 0.332 e. The van der Waals surface area contributed by atoms with E-state index in [9.17, 15) is 4.79 Å². The van der Waals surface area contributed by atoms with Crippen LogP contribution >= 0.6 is 11.8 Å². The predicted molar refractivity (Wildman–Crippen MR) is 120 cm³/mol. The van der Waals surface area contributed by atoms with Crippen molar-refractivity contribution in [2.24, 2.45) is 0 Å². The van der Waals surface area contributed by atoms with Crippen LogP contribution in [-0.4, -0.2) is 28.7 Å². The average Bonchev–Trinajstić information content (AvgIpc) is 3.23. The number of imidazole rings is 1. The molecule has 0 bridgehead atoms. The van der Waals surface area contributed by atoms with Gasteiger partial charge in [0.1, 0.15) is 0 Å². The fraction of sp³-hybridized carbons (Fsp3) is 0.0833. The first kappa shape index (κ1) is 19.0. The fourth-order valence-corrected chi connectivity index (χ4v) is 3.84. The van der Waals surface area contributed by atoms with Gasteiger partial charge in [-0.15, -0.1) is 0 Å². The van der Waals surface area contributed by atoms with E-state index in [1.165, 1.54) is 11.8 Å². The lowest BCUT2D eigenvalue weighted by molar-refractivity contribution is -0.115. The molecule has 144 valence electrons. The summed E-state index contributed by atoms with van der Waals surface area (Å²) in [7, 11) is 1.80. The molecule has 0 saturated heterocycles. The van der Waals surface area contributed by atoms with E-state index < -0.39 is 0 Å². The van der Waals surface area contributed by atoms with Crippen LogP contribution in [0.4, 0.5) is 5.69 Å². The van der Waals surface area contributed by atoms with Gasteiger partial charge in [-0.3, -0.25) is 4.79 Å². The molecule has 1 amide bonds. The molecular weight excluding hydrogens is 378 g/mol. The summed E-state index contributed by atoms with van der Waals surface area (Å²) < 4.78 is 0. The molecule has 1 heterocycles. The summed E-state index contributed by atoms with van der Waals surface area (Å²) in [5.74, 6) is 0.335. The average molecular weight is 400 g/mol. The van der Waals surface area contributed by atoms with Crippen molar-refractivity contribution in [3.05, 3.63) is 91.0 Å². The van der Waals surface area contributed by atoms with Gasteiger partial charge in [0, 0.05) is 23.9 Å². The Labute approximate surface area is 174 Å². The third-order valence-corrected chi connectivity index (χ3v) is 5.50. The number of carbonyl (C=O) groups is 1. The molecule has 0 aliphatic rings. The minimum absolute atomic E-state index is 0.0279. The molecule has 0 fully saturated rings. The second-order valence-corrected chi connectivity index (χ2v) is 7.54. The van der Waals surface area contributed by atoms with E-state index in [4.69, 9.17) is 4.98 Å². The molecule has 4 aromatic rings. The highest BCUT2D eigenvalue weighted by Gasteiger charge is 2.16. The Hall–Kier alpha value is -3.31. The van der Waals surface area contributed by atoms with Crippen molar-refractivity contribution in [2.45, 2.75) is 5.16 Å². The zero-order chi connectivity index (χ0) is 20.1. The number of H-pyrrole nitrogens is 1. The number of hydrogen-bond acceptors (Lipinski definition) is 3. The van der Waals surface area contributed by atoms with Crippen LogP contribution in [0.3, 0.4) is 0 Å². The molecule has 29 heavy (non-hydrogen) atoms. The molecule has 4 rings (SSSR count). The van der Waals surface area contributed by atoms with Crippen LogP contribution < -0.4 is 4.90 Å².